The Labute approximate surface area is 52.8 Å². The Morgan fingerprint density at radius 1 is 1.88 bits per heavy atom. The van der Waals surface area contributed by atoms with E-state index in [9.17, 15) is 4.91 Å². The molecule has 0 aromatic heterocycles. The fourth-order valence-corrected chi connectivity index (χ4v) is 0.232. The molecule has 0 fully saturated rings. The summed E-state index contributed by atoms with van der Waals surface area (Å²) in [5, 5.41) is 6.47. The Morgan fingerprint density at radius 2 is 2.38 bits per heavy atom. The number of nitrogens with one attached hydrogen (secondary N) is 1. The van der Waals surface area contributed by atoms with Crippen LogP contribution in [0, 0.1) is 4.91 Å². The zero-order chi connectivity index (χ0) is 6.57. The summed E-state index contributed by atoms with van der Waals surface area (Å²) in [6.45, 7) is 0. The van der Waals surface area contributed by atoms with Crippen molar-refractivity contribution in [3.8, 4) is 0 Å². The van der Waals surface area contributed by atoms with Crippen LogP contribution in [0.1, 0.15) is 0 Å². The number of rotatable bonds is 1. The quantitative estimate of drug-likeness (QED) is 0.313. The van der Waals surface area contributed by atoms with Crippen LogP contribution in [0.25, 0.3) is 0 Å². The van der Waals surface area contributed by atoms with Gasteiger partial charge in [-0.25, -0.2) is 5.01 Å². The first-order valence-electron chi connectivity index (χ1n) is 2.01. The lowest BCUT2D eigenvalue weighted by Crippen LogP contribution is -2.29. The molecule has 8 heavy (non-hydrogen) atoms. The van der Waals surface area contributed by atoms with Crippen LogP contribution in [0.15, 0.2) is 5.29 Å². The van der Waals surface area contributed by atoms with Gasteiger partial charge in [0.2, 0.25) is 0 Å². The SMILES string of the molecule is CNC(=S)N(C)N=O. The van der Waals surface area contributed by atoms with Crippen LogP contribution >= 0.6 is 12.2 Å². The summed E-state index contributed by atoms with van der Waals surface area (Å²) in [5.74, 6) is 0. The highest BCUT2D eigenvalue weighted by Gasteiger charge is 1.96. The minimum atomic E-state index is 0.319. The van der Waals surface area contributed by atoms with E-state index in [1.54, 1.807) is 7.05 Å². The molecule has 0 spiro atoms. The van der Waals surface area contributed by atoms with Crippen molar-refractivity contribution in [1.82, 2.24) is 10.3 Å². The van der Waals surface area contributed by atoms with E-state index >= 15 is 0 Å². The number of thiocarbonyl (C=S) groups is 1. The van der Waals surface area contributed by atoms with E-state index in [1.165, 1.54) is 7.05 Å². The smallest absolute Gasteiger partial charge is 0.191 e. The van der Waals surface area contributed by atoms with Crippen molar-refractivity contribution in [2.75, 3.05) is 14.1 Å². The van der Waals surface area contributed by atoms with Gasteiger partial charge >= 0.3 is 0 Å². The summed E-state index contributed by atoms with van der Waals surface area (Å²) in [4.78, 5) is 9.65. The van der Waals surface area contributed by atoms with Gasteiger partial charge in [-0.15, -0.1) is 4.91 Å². The highest BCUT2D eigenvalue weighted by molar-refractivity contribution is 7.80. The van der Waals surface area contributed by atoms with Crippen LogP contribution in [0.5, 0.6) is 0 Å². The van der Waals surface area contributed by atoms with Crippen molar-refractivity contribution in [1.29, 1.82) is 0 Å². The number of hydrogen-bond donors (Lipinski definition) is 1. The molecule has 0 atom stereocenters. The van der Waals surface area contributed by atoms with Gasteiger partial charge in [-0.05, 0) is 12.2 Å². The van der Waals surface area contributed by atoms with E-state index in [1.807, 2.05) is 0 Å². The first-order chi connectivity index (χ1) is 3.72. The Bertz CT molecular complexity index is 105. The lowest BCUT2D eigenvalue weighted by atomic mass is 11.0. The first kappa shape index (κ1) is 7.29. The van der Waals surface area contributed by atoms with Crippen LogP contribution < -0.4 is 5.32 Å². The molecule has 0 aromatic carbocycles. The van der Waals surface area contributed by atoms with E-state index in [0.717, 1.165) is 5.01 Å². The summed E-state index contributed by atoms with van der Waals surface area (Å²) in [5.41, 5.74) is 0. The summed E-state index contributed by atoms with van der Waals surface area (Å²) < 4.78 is 0. The molecule has 0 amide bonds. The zero-order valence-electron chi connectivity index (χ0n) is 4.71. The van der Waals surface area contributed by atoms with Gasteiger partial charge in [-0.3, -0.25) is 0 Å². The zero-order valence-corrected chi connectivity index (χ0v) is 5.53. The van der Waals surface area contributed by atoms with Crippen molar-refractivity contribution in [3.63, 3.8) is 0 Å². The third-order valence-electron chi connectivity index (χ3n) is 0.630. The van der Waals surface area contributed by atoms with Gasteiger partial charge in [0.25, 0.3) is 0 Å². The maximum absolute atomic E-state index is 9.65. The molecule has 0 unspecified atom stereocenters. The Balaban J connectivity index is 3.62. The van der Waals surface area contributed by atoms with E-state index in [4.69, 9.17) is 0 Å². The number of nitroso groups, excluding NO2 is 1. The Hall–Kier alpha value is -0.710. The standard InChI is InChI=1S/C3H7N3OS/c1-4-3(8)6(2)5-7/h1-2H3,(H,4,8). The normalized spacial score (nSPS) is 7.75. The predicted octanol–water partition coefficient (Wildman–Crippen LogP) is 0.104. The predicted molar refractivity (Wildman–Crippen MR) is 35.2 cm³/mol. The maximum atomic E-state index is 9.65. The molecule has 0 saturated heterocycles. The molecule has 0 radical (unpaired) electrons. The summed E-state index contributed by atoms with van der Waals surface area (Å²) in [7, 11) is 3.11. The third kappa shape index (κ3) is 1.83. The molecule has 0 aliphatic rings. The minimum Gasteiger partial charge on any atom is -0.364 e. The lowest BCUT2D eigenvalue weighted by Gasteiger charge is -2.06. The van der Waals surface area contributed by atoms with Crippen molar-refractivity contribution in [3.05, 3.63) is 4.91 Å². The molecule has 5 heteroatoms. The van der Waals surface area contributed by atoms with Crippen LogP contribution in [0.3, 0.4) is 0 Å². The van der Waals surface area contributed by atoms with Crippen molar-refractivity contribution >= 4 is 17.3 Å². The molecule has 0 aromatic rings. The highest BCUT2D eigenvalue weighted by atomic mass is 32.1. The van der Waals surface area contributed by atoms with E-state index in [2.05, 4.69) is 22.8 Å². The maximum Gasteiger partial charge on any atom is 0.191 e. The van der Waals surface area contributed by atoms with Crippen LogP contribution in [0.4, 0.5) is 0 Å². The fraction of sp³-hybridized carbons (Fsp3) is 0.667. The molecule has 0 aliphatic carbocycles. The largest absolute Gasteiger partial charge is 0.364 e. The average Bonchev–Trinajstić information content (AvgIpc) is 1.84. The monoisotopic (exact) mass is 133 g/mol. The molecule has 0 aliphatic heterocycles. The van der Waals surface area contributed by atoms with Crippen LogP contribution in [-0.2, 0) is 0 Å². The van der Waals surface area contributed by atoms with Gasteiger partial charge < -0.3 is 5.32 Å². The highest BCUT2D eigenvalue weighted by Crippen LogP contribution is 1.80. The van der Waals surface area contributed by atoms with Gasteiger partial charge in [-0.1, -0.05) is 0 Å². The Kier molecular flexibility index (Phi) is 3.02. The van der Waals surface area contributed by atoms with Crippen molar-refractivity contribution < 1.29 is 0 Å². The Morgan fingerprint density at radius 3 is 2.50 bits per heavy atom. The average molecular weight is 133 g/mol. The molecule has 1 N–H and O–H groups in total. The molecular weight excluding hydrogens is 126 g/mol. The second-order valence-electron chi connectivity index (χ2n) is 1.16. The van der Waals surface area contributed by atoms with Crippen molar-refractivity contribution in [2.45, 2.75) is 0 Å². The molecule has 0 heterocycles. The summed E-state index contributed by atoms with van der Waals surface area (Å²) in [6, 6.07) is 0. The van der Waals surface area contributed by atoms with Gasteiger partial charge in [0.15, 0.2) is 5.11 Å². The molecule has 4 nitrogen and oxygen atoms in total. The van der Waals surface area contributed by atoms with Crippen LogP contribution in [-0.4, -0.2) is 24.2 Å². The van der Waals surface area contributed by atoms with Gasteiger partial charge in [0.1, 0.15) is 0 Å². The second kappa shape index (κ2) is 3.31. The van der Waals surface area contributed by atoms with Crippen LogP contribution in [0.2, 0.25) is 0 Å². The van der Waals surface area contributed by atoms with Gasteiger partial charge in [-0.2, -0.15) is 0 Å². The third-order valence-corrected chi connectivity index (χ3v) is 1.10. The summed E-state index contributed by atoms with van der Waals surface area (Å²) in [6.07, 6.45) is 0. The minimum absolute atomic E-state index is 0.319. The molecule has 0 rings (SSSR count). The topological polar surface area (TPSA) is 44.7 Å². The molecule has 46 valence electrons. The van der Waals surface area contributed by atoms with E-state index in [-0.39, 0.29) is 0 Å². The van der Waals surface area contributed by atoms with Gasteiger partial charge in [0.05, 0.1) is 5.29 Å². The lowest BCUT2D eigenvalue weighted by molar-refractivity contribution is 0.530. The molecular formula is C3H7N3OS. The number of hydrogen-bond acceptors (Lipinski definition) is 3. The molecule has 0 bridgehead atoms. The van der Waals surface area contributed by atoms with Gasteiger partial charge in [0, 0.05) is 14.1 Å². The van der Waals surface area contributed by atoms with Crippen molar-refractivity contribution in [2.24, 2.45) is 5.29 Å². The number of nitrogens with zero attached hydrogens (tertiary/aromatic N) is 2. The van der Waals surface area contributed by atoms with E-state index < -0.39 is 0 Å². The first-order valence-corrected chi connectivity index (χ1v) is 2.42. The second-order valence-corrected chi connectivity index (χ2v) is 1.55. The summed E-state index contributed by atoms with van der Waals surface area (Å²) >= 11 is 4.60. The fourth-order valence-electron chi connectivity index (χ4n) is 0.199. The van der Waals surface area contributed by atoms with E-state index in [0.29, 0.717) is 5.11 Å². The molecule has 0 saturated carbocycles.